The average molecular weight is 234 g/mol. The highest BCUT2D eigenvalue weighted by atomic mass is 16.5. The molecule has 3 nitrogen and oxygen atoms in total. The number of hydrogen-bond donors (Lipinski definition) is 1. The van der Waals surface area contributed by atoms with E-state index in [0.717, 1.165) is 18.8 Å². The van der Waals surface area contributed by atoms with Gasteiger partial charge in [0.15, 0.2) is 0 Å². The summed E-state index contributed by atoms with van der Waals surface area (Å²) in [4.78, 5) is 2.29. The molecule has 1 aromatic rings. The van der Waals surface area contributed by atoms with Crippen molar-refractivity contribution in [2.24, 2.45) is 11.1 Å². The van der Waals surface area contributed by atoms with Gasteiger partial charge in [0, 0.05) is 30.8 Å². The monoisotopic (exact) mass is 234 g/mol. The summed E-state index contributed by atoms with van der Waals surface area (Å²) >= 11 is 0. The molecule has 0 bridgehead atoms. The fourth-order valence-electron chi connectivity index (χ4n) is 2.55. The zero-order chi connectivity index (χ0) is 12.3. The Hall–Kier alpha value is -1.22. The molecule has 1 saturated carbocycles. The van der Waals surface area contributed by atoms with Gasteiger partial charge < -0.3 is 15.4 Å². The van der Waals surface area contributed by atoms with Crippen LogP contribution in [0.3, 0.4) is 0 Å². The number of benzene rings is 1. The van der Waals surface area contributed by atoms with Gasteiger partial charge in [0.2, 0.25) is 0 Å². The van der Waals surface area contributed by atoms with Gasteiger partial charge in [0.1, 0.15) is 5.75 Å². The van der Waals surface area contributed by atoms with E-state index in [9.17, 15) is 0 Å². The fraction of sp³-hybridized carbons (Fsp3) is 0.571. The third kappa shape index (κ3) is 2.55. The van der Waals surface area contributed by atoms with Crippen LogP contribution in [0.2, 0.25) is 0 Å². The van der Waals surface area contributed by atoms with Crippen LogP contribution in [-0.4, -0.2) is 27.2 Å². The first-order chi connectivity index (χ1) is 8.19. The smallest absolute Gasteiger partial charge is 0.120 e. The molecule has 2 rings (SSSR count). The lowest BCUT2D eigenvalue weighted by molar-refractivity contribution is 0.154. The molecule has 1 aromatic carbocycles. The summed E-state index contributed by atoms with van der Waals surface area (Å²) in [7, 11) is 3.83. The second kappa shape index (κ2) is 4.96. The first kappa shape index (κ1) is 12.2. The van der Waals surface area contributed by atoms with Crippen LogP contribution < -0.4 is 15.4 Å². The second-order valence-corrected chi connectivity index (χ2v) is 5.12. The van der Waals surface area contributed by atoms with Crippen LogP contribution in [-0.2, 0) is 0 Å². The largest absolute Gasteiger partial charge is 0.497 e. The van der Waals surface area contributed by atoms with Crippen molar-refractivity contribution >= 4 is 5.69 Å². The van der Waals surface area contributed by atoms with Crippen molar-refractivity contribution in [3.63, 3.8) is 0 Å². The molecule has 17 heavy (non-hydrogen) atoms. The fourth-order valence-corrected chi connectivity index (χ4v) is 2.55. The Morgan fingerprint density at radius 2 is 2.18 bits per heavy atom. The third-order valence-corrected chi connectivity index (χ3v) is 3.91. The van der Waals surface area contributed by atoms with Crippen molar-refractivity contribution in [2.75, 3.05) is 32.1 Å². The zero-order valence-corrected chi connectivity index (χ0v) is 10.8. The van der Waals surface area contributed by atoms with Gasteiger partial charge in [-0.15, -0.1) is 0 Å². The Bertz CT molecular complexity index is 369. The maximum Gasteiger partial charge on any atom is 0.120 e. The summed E-state index contributed by atoms with van der Waals surface area (Å²) < 4.78 is 5.25. The number of methoxy groups -OCH3 is 1. The summed E-state index contributed by atoms with van der Waals surface area (Å²) in [5, 5.41) is 0. The van der Waals surface area contributed by atoms with Crippen molar-refractivity contribution in [2.45, 2.75) is 19.3 Å². The van der Waals surface area contributed by atoms with Gasteiger partial charge in [-0.1, -0.05) is 12.5 Å². The Morgan fingerprint density at radius 3 is 2.71 bits per heavy atom. The number of nitrogens with zero attached hydrogens (tertiary/aromatic N) is 1. The predicted molar refractivity (Wildman–Crippen MR) is 71.6 cm³/mol. The van der Waals surface area contributed by atoms with Crippen LogP contribution in [0.5, 0.6) is 5.75 Å². The maximum atomic E-state index is 5.90. The van der Waals surface area contributed by atoms with Crippen LogP contribution in [0.15, 0.2) is 24.3 Å². The molecule has 0 radical (unpaired) electrons. The highest BCUT2D eigenvalue weighted by Gasteiger charge is 2.36. The summed E-state index contributed by atoms with van der Waals surface area (Å²) in [6.07, 6.45) is 3.85. The molecule has 0 aromatic heterocycles. The molecule has 0 spiro atoms. The highest BCUT2D eigenvalue weighted by molar-refractivity contribution is 5.50. The van der Waals surface area contributed by atoms with Gasteiger partial charge in [-0.25, -0.2) is 0 Å². The number of rotatable bonds is 5. The minimum absolute atomic E-state index is 0.345. The van der Waals surface area contributed by atoms with E-state index in [0.29, 0.717) is 5.41 Å². The molecule has 0 aliphatic heterocycles. The van der Waals surface area contributed by atoms with E-state index in [2.05, 4.69) is 24.1 Å². The van der Waals surface area contributed by atoms with Crippen LogP contribution in [0.4, 0.5) is 5.69 Å². The molecule has 1 aliphatic carbocycles. The molecule has 0 saturated heterocycles. The number of ether oxygens (including phenoxy) is 1. The van der Waals surface area contributed by atoms with Gasteiger partial charge in [0.05, 0.1) is 7.11 Å². The van der Waals surface area contributed by atoms with Crippen LogP contribution in [0, 0.1) is 5.41 Å². The lowest BCUT2D eigenvalue weighted by atomic mass is 9.68. The molecule has 94 valence electrons. The van der Waals surface area contributed by atoms with Crippen LogP contribution >= 0.6 is 0 Å². The zero-order valence-electron chi connectivity index (χ0n) is 10.8. The van der Waals surface area contributed by atoms with Gasteiger partial charge in [-0.05, 0) is 31.5 Å². The van der Waals surface area contributed by atoms with E-state index >= 15 is 0 Å². The van der Waals surface area contributed by atoms with E-state index in [-0.39, 0.29) is 0 Å². The quantitative estimate of drug-likeness (QED) is 0.849. The van der Waals surface area contributed by atoms with Gasteiger partial charge >= 0.3 is 0 Å². The van der Waals surface area contributed by atoms with Gasteiger partial charge in [-0.2, -0.15) is 0 Å². The Morgan fingerprint density at radius 1 is 1.41 bits per heavy atom. The van der Waals surface area contributed by atoms with E-state index in [1.165, 1.54) is 24.9 Å². The molecule has 1 aliphatic rings. The first-order valence-electron chi connectivity index (χ1n) is 6.24. The Balaban J connectivity index is 2.05. The average Bonchev–Trinajstić information content (AvgIpc) is 2.33. The van der Waals surface area contributed by atoms with Crippen molar-refractivity contribution in [3.05, 3.63) is 24.3 Å². The van der Waals surface area contributed by atoms with Crippen molar-refractivity contribution in [1.82, 2.24) is 0 Å². The molecular formula is C14H22N2O. The van der Waals surface area contributed by atoms with Crippen molar-refractivity contribution in [3.8, 4) is 5.75 Å². The van der Waals surface area contributed by atoms with E-state index in [1.807, 2.05) is 12.1 Å². The number of hydrogen-bond acceptors (Lipinski definition) is 3. The molecule has 0 amide bonds. The lowest BCUT2D eigenvalue weighted by Gasteiger charge is -2.44. The highest BCUT2D eigenvalue weighted by Crippen LogP contribution is 2.41. The van der Waals surface area contributed by atoms with Gasteiger partial charge in [-0.3, -0.25) is 0 Å². The Kier molecular flexibility index (Phi) is 3.57. The first-order valence-corrected chi connectivity index (χ1v) is 6.24. The minimum atomic E-state index is 0.345. The third-order valence-electron chi connectivity index (χ3n) is 3.91. The molecule has 0 unspecified atom stereocenters. The molecule has 3 heteroatoms. The minimum Gasteiger partial charge on any atom is -0.497 e. The Labute approximate surface area is 104 Å². The number of anilines is 1. The summed E-state index contributed by atoms with van der Waals surface area (Å²) in [6.45, 7) is 1.83. The van der Waals surface area contributed by atoms with Crippen LogP contribution in [0.1, 0.15) is 19.3 Å². The summed E-state index contributed by atoms with van der Waals surface area (Å²) in [5.41, 5.74) is 7.44. The second-order valence-electron chi connectivity index (χ2n) is 5.12. The van der Waals surface area contributed by atoms with Crippen molar-refractivity contribution < 1.29 is 4.74 Å². The summed E-state index contributed by atoms with van der Waals surface area (Å²) in [6, 6.07) is 8.19. The van der Waals surface area contributed by atoms with Crippen molar-refractivity contribution in [1.29, 1.82) is 0 Å². The topological polar surface area (TPSA) is 38.5 Å². The van der Waals surface area contributed by atoms with Crippen LogP contribution in [0.25, 0.3) is 0 Å². The number of nitrogens with two attached hydrogens (primary N) is 1. The maximum absolute atomic E-state index is 5.90. The molecule has 0 atom stereocenters. The molecule has 0 heterocycles. The summed E-state index contributed by atoms with van der Waals surface area (Å²) in [5.74, 6) is 0.907. The van der Waals surface area contributed by atoms with E-state index in [1.54, 1.807) is 7.11 Å². The molecular weight excluding hydrogens is 212 g/mol. The normalized spacial score (nSPS) is 17.4. The standard InChI is InChI=1S/C14H22N2O/c1-16(11-14(10-15)7-4-8-14)12-5-3-6-13(9-12)17-2/h3,5-6,9H,4,7-8,10-11,15H2,1-2H3. The van der Waals surface area contributed by atoms with Gasteiger partial charge in [0.25, 0.3) is 0 Å². The predicted octanol–water partition coefficient (Wildman–Crippen LogP) is 2.26. The SMILES string of the molecule is COc1cccc(N(C)CC2(CN)CCC2)c1. The molecule has 1 fully saturated rings. The lowest BCUT2D eigenvalue weighted by Crippen LogP contribution is -2.46. The van der Waals surface area contributed by atoms with E-state index in [4.69, 9.17) is 10.5 Å². The van der Waals surface area contributed by atoms with E-state index < -0.39 is 0 Å². The molecule has 2 N–H and O–H groups in total.